The zero-order valence-corrected chi connectivity index (χ0v) is 45.4. The van der Waals surface area contributed by atoms with Crippen molar-refractivity contribution in [2.24, 2.45) is 0 Å². The Balaban J connectivity index is 1.09. The van der Waals surface area contributed by atoms with E-state index in [9.17, 15) is 5.48 Å². The van der Waals surface area contributed by atoms with E-state index in [0.29, 0.717) is 28.3 Å². The summed E-state index contributed by atoms with van der Waals surface area (Å²) in [6, 6.07) is 59.1. The summed E-state index contributed by atoms with van der Waals surface area (Å²) in [6.45, 7) is 26.4. The van der Waals surface area contributed by atoms with Gasteiger partial charge in [-0.3, -0.25) is 4.57 Å². The van der Waals surface area contributed by atoms with Crippen LogP contribution in [0, 0.1) is 0 Å². The Morgan fingerprint density at radius 1 is 0.440 bits per heavy atom. The Hall–Kier alpha value is -8.11. The molecule has 0 spiro atoms. The molecule has 0 saturated carbocycles. The molecule has 372 valence electrons. The van der Waals surface area contributed by atoms with Crippen LogP contribution in [0.15, 0.2) is 194 Å². The second-order valence-electron chi connectivity index (χ2n) is 24.1. The van der Waals surface area contributed by atoms with Crippen LogP contribution in [-0.4, -0.2) is 15.6 Å². The molecule has 0 unspecified atom stereocenters. The van der Waals surface area contributed by atoms with Crippen LogP contribution in [0.1, 0.15) is 111 Å². The Morgan fingerprint density at radius 2 is 1.00 bits per heavy atom. The largest absolute Gasteiger partial charge is 0.503 e. The smallest absolute Gasteiger partial charge is 0.457 e. The minimum Gasteiger partial charge on any atom is -0.457 e. The molecule has 0 aliphatic carbocycles. The molecule has 11 rings (SSSR count). The van der Waals surface area contributed by atoms with E-state index < -0.39 is 0 Å². The molecule has 5 nitrogen and oxygen atoms in total. The highest BCUT2D eigenvalue weighted by molar-refractivity contribution is 6.09. The number of hydrogen-bond acceptors (Lipinski definition) is 2. The molecule has 0 saturated heterocycles. The van der Waals surface area contributed by atoms with Crippen LogP contribution >= 0.6 is 0 Å². The number of benzene rings is 8. The van der Waals surface area contributed by atoms with E-state index in [1.807, 2.05) is 94.2 Å². The highest BCUT2D eigenvalue weighted by Gasteiger charge is 2.39. The van der Waals surface area contributed by atoms with Crippen LogP contribution in [0.4, 0.5) is 22.7 Å². The normalized spacial score (nSPS) is 13.8. The molecule has 3 heterocycles. The van der Waals surface area contributed by atoms with Gasteiger partial charge >= 0.3 is 6.01 Å². The molecule has 0 N–H and O–H groups in total. The summed E-state index contributed by atoms with van der Waals surface area (Å²) in [6.07, 6.45) is 1.98. The van der Waals surface area contributed by atoms with Crippen LogP contribution in [0.5, 0.6) is 11.5 Å². The van der Waals surface area contributed by atoms with Crippen molar-refractivity contribution in [3.8, 4) is 50.7 Å². The van der Waals surface area contributed by atoms with Crippen LogP contribution in [0.3, 0.4) is 0 Å². The van der Waals surface area contributed by atoms with Gasteiger partial charge < -0.3 is 4.74 Å². The van der Waals surface area contributed by atoms with Crippen molar-refractivity contribution in [3.63, 3.8) is 0 Å². The third kappa shape index (κ3) is 9.43. The van der Waals surface area contributed by atoms with Crippen LogP contribution in [0.2, 0.25) is 0 Å². The highest BCUT2D eigenvalue weighted by Crippen LogP contribution is 2.47. The van der Waals surface area contributed by atoms with Gasteiger partial charge in [0.1, 0.15) is 17.3 Å². The first kappa shape index (κ1) is 44.4. The standard InChI is InChI=1S/C70H68N4O/c1-67(2,3)50-33-31-47(32-34-50)46-27-29-48(30-28-46)57-22-18-23-58(49-39-52(69(7,8)9)41-53(40-49)70(10,11)12)66(57)73-45-72(62-25-15-16-26-63(62)73)54-19-17-20-55(42-54)75-56-36-37-60-59-21-13-14-24-61(59)74(64(60)43-56)65-38-35-51(44-71-65)68(4,5)6/h13-44H,1-12H3/q+2/i27D,28D,29D,30D. The van der Waals surface area contributed by atoms with Crippen LogP contribution in [0.25, 0.3) is 61.0 Å². The zero-order valence-electron chi connectivity index (χ0n) is 49.4. The lowest BCUT2D eigenvalue weighted by molar-refractivity contribution is 0.483. The molecule has 1 aliphatic rings. The quantitative estimate of drug-likeness (QED) is 0.142. The predicted molar refractivity (Wildman–Crippen MR) is 317 cm³/mol. The number of hydrogen-bond donors (Lipinski definition) is 0. The van der Waals surface area contributed by atoms with Gasteiger partial charge in [0, 0.05) is 41.2 Å². The first-order valence-electron chi connectivity index (χ1n) is 28.1. The minimum atomic E-state index is -0.181. The van der Waals surface area contributed by atoms with Crippen LogP contribution < -0.4 is 13.9 Å². The maximum absolute atomic E-state index is 9.81. The average Bonchev–Trinajstić information content (AvgIpc) is 4.21. The maximum atomic E-state index is 9.81. The molecule has 2 aromatic heterocycles. The first-order chi connectivity index (χ1) is 37.4. The number of pyridine rings is 1. The summed E-state index contributed by atoms with van der Waals surface area (Å²) in [5, 5.41) is 2.24. The zero-order chi connectivity index (χ0) is 56.1. The van der Waals surface area contributed by atoms with Crippen molar-refractivity contribution in [2.75, 3.05) is 0 Å². The van der Waals surface area contributed by atoms with Crippen molar-refractivity contribution in [1.82, 2.24) is 18.7 Å². The summed E-state index contributed by atoms with van der Waals surface area (Å²) in [4.78, 5) is 4.99. The van der Waals surface area contributed by atoms with Gasteiger partial charge in [0.2, 0.25) is 11.4 Å². The number of fused-ring (bicyclic) bond motifs is 4. The third-order valence-corrected chi connectivity index (χ3v) is 14.5. The lowest BCUT2D eigenvalue weighted by Gasteiger charge is -2.26. The molecule has 0 bridgehead atoms. The van der Waals surface area contributed by atoms with Gasteiger partial charge in [-0.05, 0) is 118 Å². The molecule has 0 radical (unpaired) electrons. The van der Waals surface area contributed by atoms with E-state index in [1.165, 1.54) is 16.7 Å². The Kier molecular flexibility index (Phi) is 10.9. The molecule has 8 aromatic carbocycles. The monoisotopic (exact) mass is 985 g/mol. The second-order valence-corrected chi connectivity index (χ2v) is 24.1. The Bertz CT molecular complexity index is 4090. The van der Waals surface area contributed by atoms with Gasteiger partial charge in [0.25, 0.3) is 11.4 Å². The van der Waals surface area contributed by atoms with E-state index in [-0.39, 0.29) is 57.0 Å². The lowest BCUT2D eigenvalue weighted by Crippen LogP contribution is -2.16. The van der Waals surface area contributed by atoms with Crippen molar-refractivity contribution in [1.29, 1.82) is 0 Å². The molecule has 1 aliphatic heterocycles. The van der Waals surface area contributed by atoms with E-state index in [4.69, 9.17) is 9.72 Å². The van der Waals surface area contributed by atoms with Gasteiger partial charge in [-0.1, -0.05) is 198 Å². The number of rotatable bonds is 8. The summed E-state index contributed by atoms with van der Waals surface area (Å²) < 4.78 is 51.9. The minimum absolute atomic E-state index is 0.0264. The molecule has 0 atom stereocenters. The van der Waals surface area contributed by atoms with Crippen molar-refractivity contribution in [3.05, 3.63) is 216 Å². The van der Waals surface area contributed by atoms with E-state index >= 15 is 0 Å². The molecular formula is C70H68N4O+2. The second kappa shape index (κ2) is 18.4. The van der Waals surface area contributed by atoms with Gasteiger partial charge in [0.15, 0.2) is 0 Å². The number of ether oxygens (including phenoxy) is 1. The van der Waals surface area contributed by atoms with E-state index in [1.54, 1.807) is 0 Å². The molecule has 0 amide bonds. The predicted octanol–water partition coefficient (Wildman–Crippen LogP) is 19.0. The molecule has 0 fully saturated rings. The molecule has 5 heteroatoms. The molecular weight excluding hydrogens is 913 g/mol. The van der Waals surface area contributed by atoms with Gasteiger partial charge in [-0.25, -0.2) is 4.98 Å². The summed E-state index contributed by atoms with van der Waals surface area (Å²) >= 11 is 0. The Labute approximate surface area is 449 Å². The molecule has 10 aromatic rings. The number of aromatic nitrogens is 2. The third-order valence-electron chi connectivity index (χ3n) is 14.5. The SMILES string of the molecule is [2H]c1c([2H])c(-c2cccc(-c3cc(C(C)(C)C)cc(C(C)(C)C)c3)c2[N+]2=C=[N+](c3cccc(Oc4ccc5c6ccccc6n(-c6ccc(C(C)(C)C)cn6)c5c4)c3)c3ccccc32)c([2H])c([2H])c1-c1ccc(C(C)(C)C)cc1. The van der Waals surface area contributed by atoms with Gasteiger partial charge in [-0.2, -0.15) is 0 Å². The molecule has 75 heavy (non-hydrogen) atoms. The average molecular weight is 985 g/mol. The van der Waals surface area contributed by atoms with Gasteiger partial charge in [0.05, 0.1) is 33.7 Å². The lowest BCUT2D eigenvalue weighted by atomic mass is 9.78. The summed E-state index contributed by atoms with van der Waals surface area (Å²) in [5.41, 5.74) is 12.9. The fourth-order valence-corrected chi connectivity index (χ4v) is 10.1. The highest BCUT2D eigenvalue weighted by atomic mass is 16.5. The van der Waals surface area contributed by atoms with Crippen molar-refractivity contribution in [2.45, 2.75) is 105 Å². The summed E-state index contributed by atoms with van der Waals surface area (Å²) in [5.74, 6) is 2.14. The van der Waals surface area contributed by atoms with E-state index in [2.05, 4.69) is 179 Å². The fourth-order valence-electron chi connectivity index (χ4n) is 10.1. The van der Waals surface area contributed by atoms with Crippen LogP contribution in [-0.2, 0) is 21.7 Å². The Morgan fingerprint density at radius 3 is 1.64 bits per heavy atom. The number of nitrogens with zero attached hydrogens (tertiary/aromatic N) is 4. The van der Waals surface area contributed by atoms with Crippen molar-refractivity contribution < 1.29 is 10.2 Å². The first-order valence-corrected chi connectivity index (χ1v) is 26.1. The summed E-state index contributed by atoms with van der Waals surface area (Å²) in [7, 11) is 0. The van der Waals surface area contributed by atoms with E-state index in [0.717, 1.165) is 61.4 Å². The van der Waals surface area contributed by atoms with Crippen molar-refractivity contribution >= 4 is 50.6 Å². The fraction of sp³-hybridized carbons (Fsp3) is 0.229. The maximum Gasteiger partial charge on any atom is 0.503 e. The number of para-hydroxylation sites is 4. The topological polar surface area (TPSA) is 33.1 Å². The van der Waals surface area contributed by atoms with Gasteiger partial charge in [-0.15, -0.1) is 0 Å².